The second kappa shape index (κ2) is 5.50. The van der Waals surface area contributed by atoms with E-state index in [1.54, 1.807) is 12.5 Å². The number of hydrogen-bond acceptors (Lipinski definition) is 4. The molecule has 0 spiro atoms. The highest BCUT2D eigenvalue weighted by Crippen LogP contribution is 2.10. The molecule has 3 aromatic rings. The Hall–Kier alpha value is -1.73. The molecule has 0 atom stereocenters. The van der Waals surface area contributed by atoms with E-state index in [1.807, 2.05) is 23.0 Å². The SMILES string of the molecule is Brc1cn2c(CNCCc3cnc[nH]3)cnc2cn1. The maximum absolute atomic E-state index is 4.31. The third-order valence-electron chi connectivity index (χ3n) is 2.87. The summed E-state index contributed by atoms with van der Waals surface area (Å²) in [5.41, 5.74) is 3.11. The van der Waals surface area contributed by atoms with E-state index in [2.05, 4.69) is 41.2 Å². The normalized spacial score (nSPS) is 11.2. The van der Waals surface area contributed by atoms with Crippen molar-refractivity contribution in [2.75, 3.05) is 6.54 Å². The fraction of sp³-hybridized carbons (Fsp3) is 0.250. The van der Waals surface area contributed by atoms with E-state index < -0.39 is 0 Å². The van der Waals surface area contributed by atoms with E-state index in [9.17, 15) is 0 Å². The monoisotopic (exact) mass is 320 g/mol. The van der Waals surface area contributed by atoms with Gasteiger partial charge in [0, 0.05) is 37.6 Å². The van der Waals surface area contributed by atoms with Crippen LogP contribution in [0.4, 0.5) is 0 Å². The summed E-state index contributed by atoms with van der Waals surface area (Å²) in [5.74, 6) is 0. The fourth-order valence-electron chi connectivity index (χ4n) is 1.91. The topological polar surface area (TPSA) is 70.9 Å². The molecule has 0 aliphatic heterocycles. The minimum Gasteiger partial charge on any atom is -0.348 e. The van der Waals surface area contributed by atoms with Gasteiger partial charge in [-0.25, -0.2) is 15.0 Å². The van der Waals surface area contributed by atoms with E-state index in [0.29, 0.717) is 0 Å². The van der Waals surface area contributed by atoms with Crippen molar-refractivity contribution < 1.29 is 0 Å². The number of fused-ring (bicyclic) bond motifs is 1. The van der Waals surface area contributed by atoms with E-state index in [1.165, 1.54) is 0 Å². The zero-order chi connectivity index (χ0) is 13.1. The first kappa shape index (κ1) is 12.3. The van der Waals surface area contributed by atoms with Gasteiger partial charge in [-0.3, -0.25) is 4.40 Å². The molecule has 0 radical (unpaired) electrons. The van der Waals surface area contributed by atoms with Gasteiger partial charge in [0.05, 0.1) is 24.4 Å². The molecule has 3 heterocycles. The Morgan fingerprint density at radius 2 is 2.21 bits per heavy atom. The van der Waals surface area contributed by atoms with Crippen LogP contribution < -0.4 is 5.32 Å². The molecule has 3 rings (SSSR count). The first-order valence-corrected chi connectivity index (χ1v) is 6.77. The molecule has 7 heteroatoms. The molecule has 0 fully saturated rings. The van der Waals surface area contributed by atoms with Gasteiger partial charge in [-0.1, -0.05) is 0 Å². The lowest BCUT2D eigenvalue weighted by atomic mass is 10.3. The van der Waals surface area contributed by atoms with Crippen LogP contribution in [0.1, 0.15) is 11.4 Å². The Bertz CT molecular complexity index is 660. The molecular formula is C12H13BrN6. The third-order valence-corrected chi connectivity index (χ3v) is 3.28. The van der Waals surface area contributed by atoms with Crippen molar-refractivity contribution in [2.24, 2.45) is 0 Å². The van der Waals surface area contributed by atoms with Gasteiger partial charge in [0.2, 0.25) is 0 Å². The van der Waals surface area contributed by atoms with Crippen molar-refractivity contribution >= 4 is 21.6 Å². The van der Waals surface area contributed by atoms with Crippen LogP contribution in [-0.2, 0) is 13.0 Å². The average Bonchev–Trinajstić information content (AvgIpc) is 3.04. The number of imidazole rings is 2. The van der Waals surface area contributed by atoms with Crippen LogP contribution in [0.5, 0.6) is 0 Å². The Morgan fingerprint density at radius 3 is 3.05 bits per heavy atom. The van der Waals surface area contributed by atoms with E-state index in [-0.39, 0.29) is 0 Å². The van der Waals surface area contributed by atoms with Crippen molar-refractivity contribution in [3.63, 3.8) is 0 Å². The molecule has 0 aliphatic rings. The second-order valence-corrected chi connectivity index (χ2v) is 5.00. The summed E-state index contributed by atoms with van der Waals surface area (Å²) in [4.78, 5) is 15.5. The standard InChI is InChI=1S/C12H13BrN6/c13-11-7-19-10(5-17-12(19)6-16-11)4-14-2-1-9-3-15-8-18-9/h3,5-8,14H,1-2,4H2,(H,15,18). The molecule has 0 bridgehead atoms. The Morgan fingerprint density at radius 1 is 1.26 bits per heavy atom. The molecular weight excluding hydrogens is 308 g/mol. The average molecular weight is 321 g/mol. The minimum atomic E-state index is 0.770. The first-order valence-electron chi connectivity index (χ1n) is 5.98. The molecule has 2 N–H and O–H groups in total. The van der Waals surface area contributed by atoms with Gasteiger partial charge < -0.3 is 10.3 Å². The molecule has 0 aliphatic carbocycles. The second-order valence-electron chi connectivity index (χ2n) is 4.19. The van der Waals surface area contributed by atoms with E-state index in [0.717, 1.165) is 41.1 Å². The van der Waals surface area contributed by atoms with Gasteiger partial charge in [-0.05, 0) is 15.9 Å². The van der Waals surface area contributed by atoms with Gasteiger partial charge in [-0.2, -0.15) is 0 Å². The lowest BCUT2D eigenvalue weighted by Crippen LogP contribution is -2.17. The number of H-pyrrole nitrogens is 1. The number of aromatic nitrogens is 5. The highest BCUT2D eigenvalue weighted by atomic mass is 79.9. The predicted molar refractivity (Wildman–Crippen MR) is 74.7 cm³/mol. The van der Waals surface area contributed by atoms with Gasteiger partial charge in [-0.15, -0.1) is 0 Å². The molecule has 0 unspecified atom stereocenters. The molecule has 0 saturated heterocycles. The molecule has 0 saturated carbocycles. The first-order chi connectivity index (χ1) is 9.33. The Balaban J connectivity index is 1.60. The molecule has 3 aromatic heterocycles. The smallest absolute Gasteiger partial charge is 0.155 e. The number of nitrogens with zero attached hydrogens (tertiary/aromatic N) is 4. The number of nitrogens with one attached hydrogen (secondary N) is 2. The van der Waals surface area contributed by atoms with Crippen molar-refractivity contribution in [2.45, 2.75) is 13.0 Å². The van der Waals surface area contributed by atoms with Gasteiger partial charge in [0.25, 0.3) is 0 Å². The van der Waals surface area contributed by atoms with Crippen LogP contribution >= 0.6 is 15.9 Å². The van der Waals surface area contributed by atoms with Crippen molar-refractivity contribution in [1.82, 2.24) is 29.7 Å². The number of halogens is 1. The lowest BCUT2D eigenvalue weighted by Gasteiger charge is -2.04. The maximum atomic E-state index is 4.31. The summed E-state index contributed by atoms with van der Waals surface area (Å²) in [6.45, 7) is 1.66. The summed E-state index contributed by atoms with van der Waals surface area (Å²) in [6, 6.07) is 0. The van der Waals surface area contributed by atoms with Crippen molar-refractivity contribution in [3.05, 3.63) is 47.1 Å². The van der Waals surface area contributed by atoms with E-state index in [4.69, 9.17) is 0 Å². The summed E-state index contributed by atoms with van der Waals surface area (Å²) in [7, 11) is 0. The van der Waals surface area contributed by atoms with Gasteiger partial charge >= 0.3 is 0 Å². The molecule has 98 valence electrons. The van der Waals surface area contributed by atoms with Crippen LogP contribution in [0.25, 0.3) is 5.65 Å². The summed E-state index contributed by atoms with van der Waals surface area (Å²) < 4.78 is 2.83. The quantitative estimate of drug-likeness (QED) is 0.700. The molecule has 0 aromatic carbocycles. The summed E-state index contributed by atoms with van der Waals surface area (Å²) in [5, 5.41) is 3.39. The third kappa shape index (κ3) is 2.82. The van der Waals surface area contributed by atoms with Crippen LogP contribution in [0.2, 0.25) is 0 Å². The molecule has 6 nitrogen and oxygen atoms in total. The van der Waals surface area contributed by atoms with Crippen molar-refractivity contribution in [3.8, 4) is 0 Å². The Labute approximate surface area is 118 Å². The van der Waals surface area contributed by atoms with Gasteiger partial charge in [0.15, 0.2) is 5.65 Å². The van der Waals surface area contributed by atoms with Crippen LogP contribution in [0, 0.1) is 0 Å². The maximum Gasteiger partial charge on any atom is 0.155 e. The molecule has 0 amide bonds. The highest BCUT2D eigenvalue weighted by Gasteiger charge is 2.03. The fourth-order valence-corrected chi connectivity index (χ4v) is 2.21. The Kier molecular flexibility index (Phi) is 3.56. The van der Waals surface area contributed by atoms with Crippen LogP contribution in [0.15, 0.2) is 35.7 Å². The highest BCUT2D eigenvalue weighted by molar-refractivity contribution is 9.10. The van der Waals surface area contributed by atoms with Crippen LogP contribution in [0.3, 0.4) is 0 Å². The largest absolute Gasteiger partial charge is 0.348 e. The zero-order valence-electron chi connectivity index (χ0n) is 10.2. The summed E-state index contributed by atoms with van der Waals surface area (Å²) >= 11 is 3.37. The minimum absolute atomic E-state index is 0.770. The van der Waals surface area contributed by atoms with Crippen LogP contribution in [-0.4, -0.2) is 30.9 Å². The number of rotatable bonds is 5. The van der Waals surface area contributed by atoms with Gasteiger partial charge in [0.1, 0.15) is 4.60 Å². The zero-order valence-corrected chi connectivity index (χ0v) is 11.8. The van der Waals surface area contributed by atoms with E-state index >= 15 is 0 Å². The predicted octanol–water partition coefficient (Wildman–Crippen LogP) is 1.55. The number of aromatic amines is 1. The van der Waals surface area contributed by atoms with Crippen molar-refractivity contribution in [1.29, 1.82) is 0 Å². The lowest BCUT2D eigenvalue weighted by molar-refractivity contribution is 0.666. The summed E-state index contributed by atoms with van der Waals surface area (Å²) in [6.07, 6.45) is 10.0. The molecule has 19 heavy (non-hydrogen) atoms. The number of hydrogen-bond donors (Lipinski definition) is 2.